The summed E-state index contributed by atoms with van der Waals surface area (Å²) in [4.78, 5) is 36.5. The van der Waals surface area contributed by atoms with Crippen LogP contribution in [0.15, 0.2) is 23.0 Å². The molecule has 3 N–H and O–H groups in total. The summed E-state index contributed by atoms with van der Waals surface area (Å²) in [6.07, 6.45) is 1.42. The molecule has 11 heteroatoms. The van der Waals surface area contributed by atoms with Gasteiger partial charge in [-0.05, 0) is 44.4 Å². The largest absolute Gasteiger partial charge is 0.493 e. The fraction of sp³-hybridized carbons (Fsp3) is 0.500. The van der Waals surface area contributed by atoms with E-state index in [0.717, 1.165) is 12.0 Å². The third kappa shape index (κ3) is 4.88. The summed E-state index contributed by atoms with van der Waals surface area (Å²) >= 11 is 1.34. The summed E-state index contributed by atoms with van der Waals surface area (Å²) in [6, 6.07) is 5.06. The summed E-state index contributed by atoms with van der Waals surface area (Å²) in [6.45, 7) is 4.09. The van der Waals surface area contributed by atoms with E-state index in [2.05, 4.69) is 10.4 Å². The molecule has 178 valence electrons. The fourth-order valence-corrected chi connectivity index (χ4v) is 5.42. The lowest BCUT2D eigenvalue weighted by atomic mass is 9.94. The minimum Gasteiger partial charge on any atom is -0.493 e. The van der Waals surface area contributed by atoms with E-state index in [-0.39, 0.29) is 34.6 Å². The SMILES string of the molecule is COc1cc([C@@H]2SCC(=O)Nc3c2c(=O)[nH]n3[C@H]2CCOC(C)(C)C2)ccc1OCC(=O)O. The van der Waals surface area contributed by atoms with Crippen molar-refractivity contribution >= 4 is 29.5 Å². The summed E-state index contributed by atoms with van der Waals surface area (Å²) < 4.78 is 18.3. The van der Waals surface area contributed by atoms with Gasteiger partial charge in [0.1, 0.15) is 5.82 Å². The molecule has 10 nitrogen and oxygen atoms in total. The minimum atomic E-state index is -1.10. The Morgan fingerprint density at radius 2 is 2.12 bits per heavy atom. The molecular weight excluding hydrogens is 450 g/mol. The highest BCUT2D eigenvalue weighted by Gasteiger charge is 2.36. The second-order valence-electron chi connectivity index (χ2n) is 8.66. The number of H-pyrrole nitrogens is 1. The average Bonchev–Trinajstić information content (AvgIpc) is 2.96. The van der Waals surface area contributed by atoms with Crippen molar-refractivity contribution in [2.45, 2.75) is 43.6 Å². The first-order valence-electron chi connectivity index (χ1n) is 10.6. The maximum Gasteiger partial charge on any atom is 0.341 e. The normalized spacial score (nSPS) is 22.1. The van der Waals surface area contributed by atoms with Crippen molar-refractivity contribution in [3.05, 3.63) is 39.7 Å². The molecule has 1 amide bonds. The molecule has 1 aromatic heterocycles. The molecule has 1 saturated heterocycles. The standard InChI is InChI=1S/C22H27N3O7S/c1-22(2)9-13(6-7-32-22)25-20-18(21(29)24-25)19(33-11-16(26)23-20)12-4-5-14(15(8-12)30-3)31-10-17(27)28/h4-5,8,13,19H,6-7,9-11H2,1-3H3,(H,23,26)(H,24,29)(H,27,28)/t13-,19-/m0/s1. The third-order valence-corrected chi connectivity index (χ3v) is 7.01. The predicted molar refractivity (Wildman–Crippen MR) is 122 cm³/mol. The number of ether oxygens (including phenoxy) is 3. The molecule has 3 heterocycles. The number of carbonyl (C=O) groups is 2. The zero-order chi connectivity index (χ0) is 23.8. The molecule has 2 aliphatic rings. The van der Waals surface area contributed by atoms with Crippen molar-refractivity contribution in [2.24, 2.45) is 0 Å². The Morgan fingerprint density at radius 1 is 1.33 bits per heavy atom. The minimum absolute atomic E-state index is 0.0180. The van der Waals surface area contributed by atoms with Gasteiger partial charge in [-0.25, -0.2) is 4.79 Å². The lowest BCUT2D eigenvalue weighted by Crippen LogP contribution is -2.36. The predicted octanol–water partition coefficient (Wildman–Crippen LogP) is 2.55. The van der Waals surface area contributed by atoms with Gasteiger partial charge >= 0.3 is 5.97 Å². The molecule has 0 saturated carbocycles. The molecule has 33 heavy (non-hydrogen) atoms. The van der Waals surface area contributed by atoms with Gasteiger partial charge in [0.15, 0.2) is 18.1 Å². The first-order valence-corrected chi connectivity index (χ1v) is 11.7. The van der Waals surface area contributed by atoms with E-state index in [9.17, 15) is 14.4 Å². The Labute approximate surface area is 194 Å². The monoisotopic (exact) mass is 477 g/mol. The number of carboxylic acid groups (broad SMARTS) is 1. The van der Waals surface area contributed by atoms with E-state index in [1.54, 1.807) is 22.9 Å². The molecule has 1 fully saturated rings. The van der Waals surface area contributed by atoms with Crippen molar-refractivity contribution in [3.8, 4) is 11.5 Å². The van der Waals surface area contributed by atoms with Crippen LogP contribution in [0.4, 0.5) is 5.82 Å². The van der Waals surface area contributed by atoms with Crippen LogP contribution in [0, 0.1) is 0 Å². The Kier molecular flexibility index (Phi) is 6.44. The lowest BCUT2D eigenvalue weighted by Gasteiger charge is -2.36. The number of benzene rings is 1. The number of aromatic amines is 1. The van der Waals surface area contributed by atoms with Crippen LogP contribution in [0.25, 0.3) is 0 Å². The maximum atomic E-state index is 13.1. The zero-order valence-corrected chi connectivity index (χ0v) is 19.5. The lowest BCUT2D eigenvalue weighted by molar-refractivity contribution is -0.139. The number of carboxylic acids is 1. The number of hydrogen-bond acceptors (Lipinski definition) is 7. The number of thioether (sulfide) groups is 1. The van der Waals surface area contributed by atoms with Crippen LogP contribution in [0.1, 0.15) is 49.1 Å². The van der Waals surface area contributed by atoms with Crippen molar-refractivity contribution in [3.63, 3.8) is 0 Å². The van der Waals surface area contributed by atoms with Crippen molar-refractivity contribution in [1.29, 1.82) is 0 Å². The molecule has 0 aliphatic carbocycles. The van der Waals surface area contributed by atoms with Crippen LogP contribution in [-0.2, 0) is 14.3 Å². The number of anilines is 1. The van der Waals surface area contributed by atoms with Gasteiger partial charge in [0.25, 0.3) is 5.56 Å². The van der Waals surface area contributed by atoms with Gasteiger partial charge in [0.2, 0.25) is 5.91 Å². The Balaban J connectivity index is 1.74. The van der Waals surface area contributed by atoms with E-state index in [0.29, 0.717) is 30.2 Å². The van der Waals surface area contributed by atoms with Crippen LogP contribution in [0.3, 0.4) is 0 Å². The third-order valence-electron chi connectivity index (χ3n) is 5.74. The number of methoxy groups -OCH3 is 1. The number of aliphatic carboxylic acids is 1. The van der Waals surface area contributed by atoms with Crippen molar-refractivity contribution < 1.29 is 28.9 Å². The summed E-state index contributed by atoms with van der Waals surface area (Å²) in [7, 11) is 1.46. The van der Waals surface area contributed by atoms with Gasteiger partial charge < -0.3 is 24.6 Å². The Bertz CT molecular complexity index is 1120. The molecule has 4 rings (SSSR count). The second-order valence-corrected chi connectivity index (χ2v) is 9.75. The summed E-state index contributed by atoms with van der Waals surface area (Å²) in [5, 5.41) is 14.3. The highest BCUT2D eigenvalue weighted by molar-refractivity contribution is 8.00. The smallest absolute Gasteiger partial charge is 0.341 e. The van der Waals surface area contributed by atoms with Crippen LogP contribution in [0.2, 0.25) is 0 Å². The number of rotatable bonds is 6. The number of fused-ring (bicyclic) bond motifs is 1. The van der Waals surface area contributed by atoms with Crippen molar-refractivity contribution in [1.82, 2.24) is 9.78 Å². The number of hydrogen-bond donors (Lipinski definition) is 3. The van der Waals surface area contributed by atoms with E-state index in [1.807, 2.05) is 13.8 Å². The highest BCUT2D eigenvalue weighted by atomic mass is 32.2. The maximum absolute atomic E-state index is 13.1. The summed E-state index contributed by atoms with van der Waals surface area (Å²) in [5.74, 6) is 0.00877. The van der Waals surface area contributed by atoms with Gasteiger partial charge in [-0.15, -0.1) is 11.8 Å². The molecule has 2 atom stereocenters. The highest BCUT2D eigenvalue weighted by Crippen LogP contribution is 2.44. The number of nitrogens with zero attached hydrogens (tertiary/aromatic N) is 1. The van der Waals surface area contributed by atoms with Crippen molar-refractivity contribution in [2.75, 3.05) is 31.4 Å². The van der Waals surface area contributed by atoms with Gasteiger partial charge in [-0.2, -0.15) is 0 Å². The average molecular weight is 478 g/mol. The summed E-state index contributed by atoms with van der Waals surface area (Å²) in [5.41, 5.74) is 0.613. The van der Waals surface area contributed by atoms with Crippen LogP contribution < -0.4 is 20.3 Å². The first-order chi connectivity index (χ1) is 15.7. The van der Waals surface area contributed by atoms with Gasteiger partial charge in [-0.3, -0.25) is 19.4 Å². The van der Waals surface area contributed by atoms with Gasteiger partial charge in [-0.1, -0.05) is 6.07 Å². The molecular formula is C22H27N3O7S. The van der Waals surface area contributed by atoms with Gasteiger partial charge in [0.05, 0.1) is 35.3 Å². The number of aromatic nitrogens is 2. The van der Waals surface area contributed by atoms with E-state index in [1.165, 1.54) is 18.9 Å². The zero-order valence-electron chi connectivity index (χ0n) is 18.7. The van der Waals surface area contributed by atoms with E-state index in [4.69, 9.17) is 19.3 Å². The van der Waals surface area contributed by atoms with Crippen LogP contribution in [0.5, 0.6) is 11.5 Å². The molecule has 2 aromatic rings. The first kappa shape index (κ1) is 23.2. The Hall–Kier alpha value is -2.92. The molecule has 0 radical (unpaired) electrons. The molecule has 2 aliphatic heterocycles. The second kappa shape index (κ2) is 9.14. The molecule has 0 bridgehead atoms. The molecule has 0 spiro atoms. The van der Waals surface area contributed by atoms with E-state index < -0.39 is 17.8 Å². The molecule has 0 unspecified atom stereocenters. The number of nitrogens with one attached hydrogen (secondary N) is 2. The van der Waals surface area contributed by atoms with Gasteiger partial charge in [0, 0.05) is 6.61 Å². The quantitative estimate of drug-likeness (QED) is 0.578. The number of carbonyl (C=O) groups excluding carboxylic acids is 1. The van der Waals surface area contributed by atoms with Crippen LogP contribution >= 0.6 is 11.8 Å². The topological polar surface area (TPSA) is 132 Å². The number of amides is 1. The van der Waals surface area contributed by atoms with Crippen LogP contribution in [-0.4, -0.2) is 58.4 Å². The van der Waals surface area contributed by atoms with E-state index >= 15 is 0 Å². The Morgan fingerprint density at radius 3 is 2.82 bits per heavy atom. The fourth-order valence-electron chi connectivity index (χ4n) is 4.31. The molecule has 1 aromatic carbocycles.